The summed E-state index contributed by atoms with van der Waals surface area (Å²) in [6.45, 7) is 11.1. The molecule has 0 bridgehead atoms. The zero-order valence-corrected chi connectivity index (χ0v) is 13.2. The van der Waals surface area contributed by atoms with Crippen LogP contribution in [0.15, 0.2) is 0 Å². The summed E-state index contributed by atoms with van der Waals surface area (Å²) >= 11 is 0. The molecule has 1 unspecified atom stereocenters. The molecule has 0 aromatic heterocycles. The molecule has 1 rings (SSSR count). The highest BCUT2D eigenvalue weighted by Gasteiger charge is 2.43. The summed E-state index contributed by atoms with van der Waals surface area (Å²) in [5, 5.41) is 0. The van der Waals surface area contributed by atoms with Gasteiger partial charge in [0.05, 0.1) is 0 Å². The highest BCUT2D eigenvalue weighted by Crippen LogP contribution is 2.30. The van der Waals surface area contributed by atoms with Crippen LogP contribution in [0.4, 0.5) is 0 Å². The molecule has 104 valence electrons. The number of rotatable bonds is 6. The first-order valence-electron chi connectivity index (χ1n) is 6.45. The second-order valence-electron chi connectivity index (χ2n) is 4.93. The smallest absolute Gasteiger partial charge is 0.334 e. The molecule has 0 aliphatic carbocycles. The van der Waals surface area contributed by atoms with Crippen molar-refractivity contribution in [2.75, 3.05) is 19.8 Å². The van der Waals surface area contributed by atoms with E-state index in [2.05, 4.69) is 26.9 Å². The van der Waals surface area contributed by atoms with Gasteiger partial charge in [-0.05, 0) is 39.4 Å². The minimum absolute atomic E-state index is 0. The second-order valence-corrected chi connectivity index (χ2v) is 12.9. The maximum Gasteiger partial charge on any atom is 0.334 e. The first kappa shape index (κ1) is 17.3. The summed E-state index contributed by atoms with van der Waals surface area (Å²) in [6, 6.07) is 1.27. The van der Waals surface area contributed by atoms with Crippen molar-refractivity contribution >= 4 is 16.9 Å². The van der Waals surface area contributed by atoms with Crippen LogP contribution in [0.25, 0.3) is 0 Å². The molecule has 1 heterocycles. The lowest BCUT2D eigenvalue weighted by molar-refractivity contribution is 0.189. The summed E-state index contributed by atoms with van der Waals surface area (Å²) in [5.41, 5.74) is 1.08. The van der Waals surface area contributed by atoms with E-state index in [1.807, 2.05) is 0 Å². The van der Waals surface area contributed by atoms with Gasteiger partial charge in [0, 0.05) is 25.5 Å². The van der Waals surface area contributed by atoms with Crippen LogP contribution in [-0.4, -0.2) is 36.7 Å². The van der Waals surface area contributed by atoms with Gasteiger partial charge in [0.1, 0.15) is 0 Å². The normalized spacial score (nSPS) is 25.4. The molecule has 1 aliphatic heterocycles. The van der Waals surface area contributed by atoms with Crippen molar-refractivity contribution in [2.24, 2.45) is 0 Å². The Bertz CT molecular complexity index is 200. The van der Waals surface area contributed by atoms with E-state index >= 15 is 0 Å². The standard InChI is InChI=1S/C11H26O3Si2.CH4/c1-5-12-16(4,13-6-2)11-15(3)10-8-7-9-14-15;/h5-11H2,1-4H3;1H4. The minimum Gasteiger partial charge on any atom is -0.417 e. The lowest BCUT2D eigenvalue weighted by atomic mass is 10.4. The molecule has 1 saturated heterocycles. The van der Waals surface area contributed by atoms with Crippen LogP contribution in [0, 0.1) is 0 Å². The number of hydrogen-bond donors (Lipinski definition) is 0. The van der Waals surface area contributed by atoms with Crippen molar-refractivity contribution in [3.8, 4) is 0 Å². The van der Waals surface area contributed by atoms with Gasteiger partial charge in [-0.2, -0.15) is 0 Å². The molecule has 0 N–H and O–H groups in total. The Labute approximate surface area is 109 Å². The molecule has 5 heteroatoms. The molecule has 0 radical (unpaired) electrons. The van der Waals surface area contributed by atoms with Crippen molar-refractivity contribution in [2.45, 2.75) is 58.9 Å². The maximum absolute atomic E-state index is 6.07. The lowest BCUT2D eigenvalue weighted by Crippen LogP contribution is -2.51. The van der Waals surface area contributed by atoms with Crippen LogP contribution in [0.5, 0.6) is 0 Å². The predicted octanol–water partition coefficient (Wildman–Crippen LogP) is 3.69. The van der Waals surface area contributed by atoms with Gasteiger partial charge in [0.15, 0.2) is 8.32 Å². The topological polar surface area (TPSA) is 27.7 Å². The molecule has 0 amide bonds. The summed E-state index contributed by atoms with van der Waals surface area (Å²) in [4.78, 5) is 0. The third-order valence-corrected chi connectivity index (χ3v) is 12.8. The molecule has 1 fully saturated rings. The molecule has 0 aromatic carbocycles. The fraction of sp³-hybridized carbons (Fsp3) is 1.00. The monoisotopic (exact) mass is 278 g/mol. The van der Waals surface area contributed by atoms with E-state index < -0.39 is 16.9 Å². The van der Waals surface area contributed by atoms with Crippen LogP contribution in [-0.2, 0) is 13.3 Å². The van der Waals surface area contributed by atoms with Gasteiger partial charge in [-0.25, -0.2) is 0 Å². The zero-order chi connectivity index (χ0) is 12.1. The Morgan fingerprint density at radius 3 is 2.18 bits per heavy atom. The lowest BCUT2D eigenvalue weighted by Gasteiger charge is -2.37. The van der Waals surface area contributed by atoms with Crippen molar-refractivity contribution in [1.29, 1.82) is 0 Å². The Morgan fingerprint density at radius 2 is 1.76 bits per heavy atom. The molecular formula is C12H30O3Si2. The second kappa shape index (κ2) is 7.68. The van der Waals surface area contributed by atoms with Gasteiger partial charge in [-0.15, -0.1) is 0 Å². The fourth-order valence-corrected chi connectivity index (χ4v) is 13.0. The Balaban J connectivity index is 0.00000256. The van der Waals surface area contributed by atoms with E-state index in [0.29, 0.717) is 0 Å². The van der Waals surface area contributed by atoms with E-state index in [4.69, 9.17) is 13.3 Å². The van der Waals surface area contributed by atoms with Gasteiger partial charge in [0.2, 0.25) is 0 Å². The molecule has 0 saturated carbocycles. The van der Waals surface area contributed by atoms with Crippen molar-refractivity contribution < 1.29 is 13.3 Å². The van der Waals surface area contributed by atoms with Gasteiger partial charge < -0.3 is 13.3 Å². The van der Waals surface area contributed by atoms with Crippen molar-refractivity contribution in [1.82, 2.24) is 0 Å². The summed E-state index contributed by atoms with van der Waals surface area (Å²) in [7, 11) is -3.51. The van der Waals surface area contributed by atoms with E-state index in [1.165, 1.54) is 18.9 Å². The largest absolute Gasteiger partial charge is 0.417 e. The third kappa shape index (κ3) is 5.65. The third-order valence-electron chi connectivity index (χ3n) is 3.14. The van der Waals surface area contributed by atoms with Gasteiger partial charge in [-0.3, -0.25) is 0 Å². The van der Waals surface area contributed by atoms with Crippen LogP contribution >= 0.6 is 0 Å². The van der Waals surface area contributed by atoms with E-state index in [1.54, 1.807) is 0 Å². The highest BCUT2D eigenvalue weighted by molar-refractivity contribution is 6.88. The summed E-state index contributed by atoms with van der Waals surface area (Å²) < 4.78 is 17.9. The van der Waals surface area contributed by atoms with Crippen molar-refractivity contribution in [3.05, 3.63) is 0 Å². The summed E-state index contributed by atoms with van der Waals surface area (Å²) in [6.07, 6.45) is 2.55. The molecule has 0 spiro atoms. The van der Waals surface area contributed by atoms with Gasteiger partial charge in [-0.1, -0.05) is 13.8 Å². The average Bonchev–Trinajstić information content (AvgIpc) is 2.17. The number of hydrogen-bond acceptors (Lipinski definition) is 3. The Morgan fingerprint density at radius 1 is 1.18 bits per heavy atom. The van der Waals surface area contributed by atoms with Gasteiger partial charge in [0.25, 0.3) is 0 Å². The van der Waals surface area contributed by atoms with Crippen LogP contribution < -0.4 is 0 Å². The molecule has 1 aliphatic rings. The van der Waals surface area contributed by atoms with Crippen LogP contribution in [0.3, 0.4) is 0 Å². The van der Waals surface area contributed by atoms with E-state index in [9.17, 15) is 0 Å². The minimum atomic E-state index is -1.97. The molecule has 17 heavy (non-hydrogen) atoms. The first-order chi connectivity index (χ1) is 7.54. The predicted molar refractivity (Wildman–Crippen MR) is 78.0 cm³/mol. The molecular weight excluding hydrogens is 248 g/mol. The van der Waals surface area contributed by atoms with E-state index in [-0.39, 0.29) is 7.43 Å². The molecule has 0 aromatic rings. The molecule has 1 atom stereocenters. The van der Waals surface area contributed by atoms with Crippen molar-refractivity contribution in [3.63, 3.8) is 0 Å². The van der Waals surface area contributed by atoms with Crippen LogP contribution in [0.1, 0.15) is 34.1 Å². The Hall–Kier alpha value is 0.314. The quantitative estimate of drug-likeness (QED) is 0.694. The fourth-order valence-electron chi connectivity index (χ4n) is 2.56. The van der Waals surface area contributed by atoms with Gasteiger partial charge >= 0.3 is 8.56 Å². The first-order valence-corrected chi connectivity index (χ1v) is 11.8. The zero-order valence-electron chi connectivity index (χ0n) is 11.2. The maximum atomic E-state index is 6.07. The van der Waals surface area contributed by atoms with Crippen LogP contribution in [0.2, 0.25) is 24.8 Å². The molecule has 3 nitrogen and oxygen atoms in total. The average molecular weight is 279 g/mol. The Kier molecular flexibility index (Phi) is 7.83. The SMILES string of the molecule is C.CCO[Si](C)(C[Si]1(C)CCCCO1)OCC. The van der Waals surface area contributed by atoms with E-state index in [0.717, 1.165) is 25.5 Å². The highest BCUT2D eigenvalue weighted by atomic mass is 28.4. The summed E-state index contributed by atoms with van der Waals surface area (Å²) in [5.74, 6) is 0.